The molecule has 2 aromatic rings. The number of halogens is 3. The molecule has 0 bridgehead atoms. The van der Waals surface area contributed by atoms with Gasteiger partial charge >= 0.3 is 11.5 Å². The second-order valence-electron chi connectivity index (χ2n) is 8.36. The highest BCUT2D eigenvalue weighted by molar-refractivity contribution is 8.00. The van der Waals surface area contributed by atoms with Crippen molar-refractivity contribution >= 4 is 29.4 Å². The van der Waals surface area contributed by atoms with Crippen molar-refractivity contribution in [1.29, 1.82) is 0 Å². The van der Waals surface area contributed by atoms with Crippen LogP contribution in [0.5, 0.6) is 0 Å². The molecule has 9 heteroatoms. The summed E-state index contributed by atoms with van der Waals surface area (Å²) < 4.78 is 37.7. The minimum absolute atomic E-state index is 0.0130. The van der Waals surface area contributed by atoms with E-state index in [2.05, 4.69) is 18.8 Å². The molecular formula is C22H24F3N3O2S. The molecule has 1 aromatic carbocycles. The molecule has 5 nitrogen and oxygen atoms in total. The van der Waals surface area contributed by atoms with Gasteiger partial charge in [0.1, 0.15) is 5.54 Å². The molecule has 2 heterocycles. The molecule has 1 aliphatic heterocycles. The molecule has 1 fully saturated rings. The van der Waals surface area contributed by atoms with Crippen LogP contribution in [0.3, 0.4) is 0 Å². The van der Waals surface area contributed by atoms with Gasteiger partial charge in [-0.15, -0.1) is 0 Å². The van der Waals surface area contributed by atoms with E-state index in [0.717, 1.165) is 22.6 Å². The average molecular weight is 452 g/mol. The Labute approximate surface area is 183 Å². The second kappa shape index (κ2) is 8.53. The third-order valence-electron chi connectivity index (χ3n) is 4.99. The van der Waals surface area contributed by atoms with Gasteiger partial charge in [-0.05, 0) is 79.9 Å². The second-order valence-corrected chi connectivity index (χ2v) is 9.50. The number of hydrogen-bond donors (Lipinski definition) is 0. The highest BCUT2D eigenvalue weighted by Gasteiger charge is 2.51. The number of carbonyl (C=O) groups excluding carboxylic acids is 2. The zero-order valence-electron chi connectivity index (χ0n) is 17.7. The Kier molecular flexibility index (Phi) is 6.36. The summed E-state index contributed by atoms with van der Waals surface area (Å²) in [6.45, 7) is 7.74. The lowest BCUT2D eigenvalue weighted by Crippen LogP contribution is -2.43. The zero-order chi connectivity index (χ0) is 23.0. The molecule has 1 saturated heterocycles. The van der Waals surface area contributed by atoms with E-state index in [4.69, 9.17) is 0 Å². The number of alkyl halides is 3. The van der Waals surface area contributed by atoms with Crippen molar-refractivity contribution in [2.45, 2.75) is 56.6 Å². The molecule has 1 aliphatic rings. The number of hydrogen-bond acceptors (Lipinski definition) is 4. The van der Waals surface area contributed by atoms with Crippen LogP contribution in [0.4, 0.5) is 23.7 Å². The molecule has 0 N–H and O–H groups in total. The zero-order valence-corrected chi connectivity index (χ0v) is 18.5. The van der Waals surface area contributed by atoms with Crippen LogP contribution in [0.2, 0.25) is 0 Å². The van der Waals surface area contributed by atoms with Crippen molar-refractivity contribution in [2.24, 2.45) is 5.92 Å². The van der Waals surface area contributed by atoms with E-state index in [0.29, 0.717) is 5.92 Å². The number of amides is 3. The molecule has 1 aromatic heterocycles. The van der Waals surface area contributed by atoms with Crippen LogP contribution in [-0.2, 0) is 17.8 Å². The summed E-state index contributed by atoms with van der Waals surface area (Å²) in [5.74, 6) is 0.00773. The van der Waals surface area contributed by atoms with Gasteiger partial charge in [-0.2, -0.15) is 13.2 Å². The summed E-state index contributed by atoms with van der Waals surface area (Å²) in [6.07, 6.45) is 2.50. The Bertz CT molecular complexity index is 975. The molecule has 166 valence electrons. The van der Waals surface area contributed by atoms with Crippen molar-refractivity contribution in [1.82, 2.24) is 9.88 Å². The van der Waals surface area contributed by atoms with E-state index in [9.17, 15) is 22.8 Å². The van der Waals surface area contributed by atoms with Crippen LogP contribution in [-0.4, -0.2) is 32.9 Å². The maximum atomic E-state index is 13.1. The molecule has 0 saturated carbocycles. The lowest BCUT2D eigenvalue weighted by atomic mass is 10.0. The van der Waals surface area contributed by atoms with Crippen LogP contribution in [0, 0.1) is 5.92 Å². The number of aromatic nitrogens is 1. The summed E-state index contributed by atoms with van der Waals surface area (Å²) in [6, 6.07) is 8.46. The lowest BCUT2D eigenvalue weighted by molar-refractivity contribution is -0.123. The number of urea groups is 1. The standard InChI is InChI=1S/C22H24F3N3O2S/c1-14(2)11-16-12-15(9-10-26-16)13-27-20(30)28(19(29)21(27,3)4)17-5-7-18(8-6-17)31-22(23,24)25/h5-10,12,14H,11,13H2,1-4H3. The van der Waals surface area contributed by atoms with Gasteiger partial charge in [0.15, 0.2) is 0 Å². The Morgan fingerprint density at radius 2 is 1.74 bits per heavy atom. The van der Waals surface area contributed by atoms with E-state index in [-0.39, 0.29) is 28.9 Å². The third-order valence-corrected chi connectivity index (χ3v) is 5.73. The Morgan fingerprint density at radius 3 is 2.32 bits per heavy atom. The number of carbonyl (C=O) groups is 2. The maximum absolute atomic E-state index is 13.1. The minimum atomic E-state index is -4.40. The van der Waals surface area contributed by atoms with Gasteiger partial charge in [0, 0.05) is 23.3 Å². The predicted octanol–water partition coefficient (Wildman–Crippen LogP) is 5.64. The number of thioether (sulfide) groups is 1. The van der Waals surface area contributed by atoms with Crippen LogP contribution in [0.15, 0.2) is 47.5 Å². The van der Waals surface area contributed by atoms with Crippen molar-refractivity contribution in [3.8, 4) is 0 Å². The van der Waals surface area contributed by atoms with Gasteiger partial charge in [-0.25, -0.2) is 9.69 Å². The molecule has 0 unspecified atom stereocenters. The molecule has 0 atom stereocenters. The largest absolute Gasteiger partial charge is 0.446 e. The fourth-order valence-corrected chi connectivity index (χ4v) is 4.00. The predicted molar refractivity (Wildman–Crippen MR) is 114 cm³/mol. The quantitative estimate of drug-likeness (QED) is 0.421. The fraction of sp³-hybridized carbons (Fsp3) is 0.409. The van der Waals surface area contributed by atoms with Crippen LogP contribution >= 0.6 is 11.8 Å². The van der Waals surface area contributed by atoms with Crippen LogP contribution in [0.1, 0.15) is 39.0 Å². The van der Waals surface area contributed by atoms with Gasteiger partial charge < -0.3 is 4.90 Å². The SMILES string of the molecule is CC(C)Cc1cc(CN2C(=O)N(c3ccc(SC(F)(F)F)cc3)C(=O)C2(C)C)ccn1. The Morgan fingerprint density at radius 1 is 1.10 bits per heavy atom. The monoisotopic (exact) mass is 451 g/mol. The van der Waals surface area contributed by atoms with Gasteiger partial charge in [0.05, 0.1) is 5.69 Å². The van der Waals surface area contributed by atoms with Crippen molar-refractivity contribution in [3.05, 3.63) is 53.9 Å². The van der Waals surface area contributed by atoms with Crippen molar-refractivity contribution in [3.63, 3.8) is 0 Å². The first-order chi connectivity index (χ1) is 14.4. The normalized spacial score (nSPS) is 16.5. The summed E-state index contributed by atoms with van der Waals surface area (Å²) in [7, 11) is 0. The number of imide groups is 1. The van der Waals surface area contributed by atoms with Gasteiger partial charge in [-0.1, -0.05) is 13.8 Å². The topological polar surface area (TPSA) is 53.5 Å². The molecular weight excluding hydrogens is 427 g/mol. The highest BCUT2D eigenvalue weighted by atomic mass is 32.2. The fourth-order valence-electron chi connectivity index (χ4n) is 3.46. The van der Waals surface area contributed by atoms with Crippen LogP contribution in [0.25, 0.3) is 0 Å². The lowest BCUT2D eigenvalue weighted by Gasteiger charge is -2.27. The molecule has 31 heavy (non-hydrogen) atoms. The summed E-state index contributed by atoms with van der Waals surface area (Å²) in [5.41, 5.74) is -3.49. The first-order valence-electron chi connectivity index (χ1n) is 9.84. The molecule has 0 radical (unpaired) electrons. The van der Waals surface area contributed by atoms with Gasteiger partial charge in [0.25, 0.3) is 5.91 Å². The van der Waals surface area contributed by atoms with Gasteiger partial charge in [-0.3, -0.25) is 9.78 Å². The first-order valence-corrected chi connectivity index (χ1v) is 10.7. The summed E-state index contributed by atoms with van der Waals surface area (Å²) >= 11 is -0.244. The Balaban J connectivity index is 1.83. The van der Waals surface area contributed by atoms with E-state index in [1.54, 1.807) is 20.0 Å². The summed E-state index contributed by atoms with van der Waals surface area (Å²) in [4.78, 5) is 33.0. The van der Waals surface area contributed by atoms with E-state index in [1.807, 2.05) is 12.1 Å². The van der Waals surface area contributed by atoms with E-state index in [1.165, 1.54) is 29.2 Å². The molecule has 3 rings (SSSR count). The Hall–Kier alpha value is -2.55. The molecule has 3 amide bonds. The number of rotatable bonds is 6. The maximum Gasteiger partial charge on any atom is 0.446 e. The van der Waals surface area contributed by atoms with Crippen molar-refractivity contribution < 1.29 is 22.8 Å². The molecule has 0 spiro atoms. The third kappa shape index (κ3) is 5.20. The van der Waals surface area contributed by atoms with Crippen LogP contribution < -0.4 is 4.90 Å². The number of pyridine rings is 1. The summed E-state index contributed by atoms with van der Waals surface area (Å²) in [5, 5.41) is 0. The van der Waals surface area contributed by atoms with E-state index < -0.39 is 23.0 Å². The first kappa shape index (κ1) is 23.1. The highest BCUT2D eigenvalue weighted by Crippen LogP contribution is 2.38. The van der Waals surface area contributed by atoms with Gasteiger partial charge in [0.2, 0.25) is 0 Å². The number of anilines is 1. The number of benzene rings is 1. The molecule has 0 aliphatic carbocycles. The van der Waals surface area contributed by atoms with E-state index >= 15 is 0 Å². The minimum Gasteiger partial charge on any atom is -0.305 e. The smallest absolute Gasteiger partial charge is 0.305 e. The number of nitrogens with zero attached hydrogens (tertiary/aromatic N) is 3. The van der Waals surface area contributed by atoms with Crippen molar-refractivity contribution in [2.75, 3.05) is 4.90 Å². The average Bonchev–Trinajstić information content (AvgIpc) is 2.81.